The zero-order valence-electron chi connectivity index (χ0n) is 8.83. The summed E-state index contributed by atoms with van der Waals surface area (Å²) in [6, 6.07) is 8.16. The summed E-state index contributed by atoms with van der Waals surface area (Å²) in [5.74, 6) is -0.214. The summed E-state index contributed by atoms with van der Waals surface area (Å²) in [6.45, 7) is 0.854. The first kappa shape index (κ1) is 11.6. The van der Waals surface area contributed by atoms with E-state index in [1.807, 2.05) is 0 Å². The number of benzene rings is 1. The van der Waals surface area contributed by atoms with E-state index in [1.165, 1.54) is 0 Å². The Morgan fingerprint density at radius 3 is 2.50 bits per heavy atom. The SMILES string of the molecule is O=S(=O)(C[C@@H](O)[C@@H]1CCN1)c1ccccc1. The predicted octanol–water partition coefficient (Wildman–Crippen LogP) is 0.183. The first-order valence-electron chi connectivity index (χ1n) is 5.29. The number of sulfone groups is 1. The molecule has 0 aliphatic carbocycles. The van der Waals surface area contributed by atoms with Crippen LogP contribution in [-0.4, -0.2) is 38.0 Å². The first-order chi connectivity index (χ1) is 7.59. The highest BCUT2D eigenvalue weighted by Gasteiger charge is 2.29. The molecule has 2 atom stereocenters. The van der Waals surface area contributed by atoms with Gasteiger partial charge in [0.2, 0.25) is 0 Å². The van der Waals surface area contributed by atoms with Gasteiger partial charge in [-0.1, -0.05) is 18.2 Å². The van der Waals surface area contributed by atoms with Gasteiger partial charge in [-0.05, 0) is 25.1 Å². The van der Waals surface area contributed by atoms with Crippen molar-refractivity contribution in [1.29, 1.82) is 0 Å². The van der Waals surface area contributed by atoms with Crippen molar-refractivity contribution < 1.29 is 13.5 Å². The number of hydrogen-bond donors (Lipinski definition) is 2. The lowest BCUT2D eigenvalue weighted by molar-refractivity contribution is 0.114. The molecule has 0 radical (unpaired) electrons. The minimum absolute atomic E-state index is 0.0708. The summed E-state index contributed by atoms with van der Waals surface area (Å²) in [6.07, 6.45) is 0.0184. The summed E-state index contributed by atoms with van der Waals surface area (Å²) in [4.78, 5) is 0.272. The summed E-state index contributed by atoms with van der Waals surface area (Å²) in [5, 5.41) is 12.7. The molecule has 1 aliphatic heterocycles. The fourth-order valence-corrected chi connectivity index (χ4v) is 3.15. The Labute approximate surface area is 95.2 Å². The molecule has 1 saturated heterocycles. The van der Waals surface area contributed by atoms with Crippen LogP contribution in [0.15, 0.2) is 35.2 Å². The lowest BCUT2D eigenvalue weighted by Crippen LogP contribution is -2.52. The molecule has 0 bridgehead atoms. The van der Waals surface area contributed by atoms with Gasteiger partial charge >= 0.3 is 0 Å². The van der Waals surface area contributed by atoms with Gasteiger partial charge in [0.05, 0.1) is 16.8 Å². The molecule has 1 aromatic carbocycles. The van der Waals surface area contributed by atoms with Gasteiger partial charge in [0, 0.05) is 6.04 Å². The highest BCUT2D eigenvalue weighted by atomic mass is 32.2. The summed E-state index contributed by atoms with van der Waals surface area (Å²) >= 11 is 0. The van der Waals surface area contributed by atoms with Gasteiger partial charge in [-0.3, -0.25) is 0 Å². The molecule has 0 unspecified atom stereocenters. The molecule has 1 heterocycles. The van der Waals surface area contributed by atoms with Crippen molar-refractivity contribution in [3.05, 3.63) is 30.3 Å². The quantitative estimate of drug-likeness (QED) is 0.789. The molecule has 5 heteroatoms. The van der Waals surface area contributed by atoms with E-state index in [9.17, 15) is 13.5 Å². The van der Waals surface area contributed by atoms with Crippen LogP contribution in [0.5, 0.6) is 0 Å². The zero-order chi connectivity index (χ0) is 11.6. The maximum absolute atomic E-state index is 11.9. The lowest BCUT2D eigenvalue weighted by Gasteiger charge is -2.31. The molecule has 4 nitrogen and oxygen atoms in total. The minimum Gasteiger partial charge on any atom is -0.390 e. The molecular weight excluding hydrogens is 226 g/mol. The number of nitrogens with one attached hydrogen (secondary N) is 1. The van der Waals surface area contributed by atoms with Gasteiger partial charge in [0.1, 0.15) is 0 Å². The fraction of sp³-hybridized carbons (Fsp3) is 0.455. The van der Waals surface area contributed by atoms with E-state index >= 15 is 0 Å². The molecule has 1 aliphatic rings. The second-order valence-corrected chi connectivity index (χ2v) is 6.05. The van der Waals surface area contributed by atoms with E-state index in [4.69, 9.17) is 0 Å². The van der Waals surface area contributed by atoms with E-state index in [0.29, 0.717) is 0 Å². The second kappa shape index (κ2) is 4.53. The number of aliphatic hydroxyl groups is 1. The molecule has 0 spiro atoms. The maximum atomic E-state index is 11.9. The normalized spacial score (nSPS) is 22.4. The number of hydrogen-bond acceptors (Lipinski definition) is 4. The maximum Gasteiger partial charge on any atom is 0.180 e. The van der Waals surface area contributed by atoms with Gasteiger partial charge in [0.15, 0.2) is 9.84 Å². The number of rotatable bonds is 4. The van der Waals surface area contributed by atoms with Crippen LogP contribution in [0.3, 0.4) is 0 Å². The average Bonchev–Trinajstić information content (AvgIpc) is 2.15. The Bertz CT molecular complexity index is 440. The van der Waals surface area contributed by atoms with E-state index in [1.54, 1.807) is 30.3 Å². The molecule has 0 aromatic heterocycles. The van der Waals surface area contributed by atoms with Crippen molar-refractivity contribution in [2.75, 3.05) is 12.3 Å². The van der Waals surface area contributed by atoms with Crippen LogP contribution >= 0.6 is 0 Å². The highest BCUT2D eigenvalue weighted by molar-refractivity contribution is 7.91. The fourth-order valence-electron chi connectivity index (χ4n) is 1.70. The van der Waals surface area contributed by atoms with Gasteiger partial charge in [0.25, 0.3) is 0 Å². The van der Waals surface area contributed by atoms with E-state index in [0.717, 1.165) is 13.0 Å². The van der Waals surface area contributed by atoms with Crippen molar-refractivity contribution in [3.63, 3.8) is 0 Å². The minimum atomic E-state index is -3.37. The summed E-state index contributed by atoms with van der Waals surface area (Å²) in [7, 11) is -3.37. The van der Waals surface area contributed by atoms with Crippen LogP contribution in [0.1, 0.15) is 6.42 Å². The second-order valence-electron chi connectivity index (χ2n) is 4.01. The van der Waals surface area contributed by atoms with Gasteiger partial charge < -0.3 is 10.4 Å². The molecule has 0 amide bonds. The Balaban J connectivity index is 2.08. The molecule has 0 saturated carbocycles. The molecular formula is C11H15NO3S. The van der Waals surface area contributed by atoms with Crippen molar-refractivity contribution in [3.8, 4) is 0 Å². The zero-order valence-corrected chi connectivity index (χ0v) is 9.65. The van der Waals surface area contributed by atoms with E-state index < -0.39 is 15.9 Å². The lowest BCUT2D eigenvalue weighted by atomic mass is 10.0. The molecule has 2 rings (SSSR count). The van der Waals surface area contributed by atoms with Crippen LogP contribution in [0, 0.1) is 0 Å². The summed E-state index contributed by atoms with van der Waals surface area (Å²) in [5.41, 5.74) is 0. The molecule has 1 fully saturated rings. The standard InChI is InChI=1S/C11H15NO3S/c13-11(10-6-7-12-10)8-16(14,15)9-4-2-1-3-5-9/h1-5,10-13H,6-8H2/t10-,11+/m0/s1. The van der Waals surface area contributed by atoms with Crippen LogP contribution in [0.4, 0.5) is 0 Å². The largest absolute Gasteiger partial charge is 0.390 e. The third-order valence-corrected chi connectivity index (χ3v) is 4.59. The third-order valence-electron chi connectivity index (χ3n) is 2.82. The van der Waals surface area contributed by atoms with Crippen molar-refractivity contribution in [1.82, 2.24) is 5.32 Å². The topological polar surface area (TPSA) is 66.4 Å². The number of aliphatic hydroxyl groups excluding tert-OH is 1. The molecule has 2 N–H and O–H groups in total. The predicted molar refractivity (Wildman–Crippen MR) is 60.9 cm³/mol. The van der Waals surface area contributed by atoms with Crippen LogP contribution in [0.25, 0.3) is 0 Å². The Morgan fingerprint density at radius 1 is 1.38 bits per heavy atom. The van der Waals surface area contributed by atoms with Crippen LogP contribution < -0.4 is 5.32 Å². The van der Waals surface area contributed by atoms with Crippen LogP contribution in [-0.2, 0) is 9.84 Å². The summed E-state index contributed by atoms with van der Waals surface area (Å²) < 4.78 is 23.8. The van der Waals surface area contributed by atoms with Gasteiger partial charge in [-0.2, -0.15) is 0 Å². The molecule has 16 heavy (non-hydrogen) atoms. The van der Waals surface area contributed by atoms with Crippen LogP contribution in [0.2, 0.25) is 0 Å². The smallest absolute Gasteiger partial charge is 0.180 e. The monoisotopic (exact) mass is 241 g/mol. The molecule has 1 aromatic rings. The Morgan fingerprint density at radius 2 is 2.00 bits per heavy atom. The van der Waals surface area contributed by atoms with E-state index in [2.05, 4.69) is 5.32 Å². The first-order valence-corrected chi connectivity index (χ1v) is 6.94. The van der Waals surface area contributed by atoms with Gasteiger partial charge in [-0.25, -0.2) is 8.42 Å². The Hall–Kier alpha value is -0.910. The van der Waals surface area contributed by atoms with Crippen molar-refractivity contribution >= 4 is 9.84 Å². The van der Waals surface area contributed by atoms with Gasteiger partial charge in [-0.15, -0.1) is 0 Å². The average molecular weight is 241 g/mol. The third kappa shape index (κ3) is 2.42. The highest BCUT2D eigenvalue weighted by Crippen LogP contribution is 2.15. The molecule has 88 valence electrons. The van der Waals surface area contributed by atoms with E-state index in [-0.39, 0.29) is 16.7 Å². The Kier molecular flexibility index (Phi) is 3.28. The van der Waals surface area contributed by atoms with Crippen molar-refractivity contribution in [2.45, 2.75) is 23.5 Å². The van der Waals surface area contributed by atoms with Crippen molar-refractivity contribution in [2.24, 2.45) is 0 Å².